The highest BCUT2D eigenvalue weighted by Crippen LogP contribution is 2.19. The van der Waals surface area contributed by atoms with Crippen molar-refractivity contribution in [3.05, 3.63) is 27.5 Å². The Bertz CT molecular complexity index is 312. The Balaban J connectivity index is 2.67. The lowest BCUT2D eigenvalue weighted by atomic mass is 10.1. The smallest absolute Gasteiger partial charge is 0.0273 e. The zero-order chi connectivity index (χ0) is 10.6. The van der Waals surface area contributed by atoms with Crippen LogP contribution in [0.5, 0.6) is 0 Å². The Morgan fingerprint density at radius 3 is 2.79 bits per heavy atom. The normalized spacial score (nSPS) is 14.4. The molecule has 0 aliphatic rings. The third-order valence-electron chi connectivity index (χ3n) is 2.32. The zero-order valence-corrected chi connectivity index (χ0v) is 10.2. The van der Waals surface area contributed by atoms with Gasteiger partial charge in [0.1, 0.15) is 0 Å². The molecule has 78 valence electrons. The van der Waals surface area contributed by atoms with Gasteiger partial charge >= 0.3 is 0 Å². The van der Waals surface area contributed by atoms with E-state index in [9.17, 15) is 0 Å². The molecule has 0 bridgehead atoms. The summed E-state index contributed by atoms with van der Waals surface area (Å²) in [6.45, 7) is 9.69. The number of likely N-dealkylation sites (N-methyl/N-ethyl adjacent to an activating group) is 1. The first-order valence-electron chi connectivity index (χ1n) is 5.11. The molecule has 0 fully saturated rings. The van der Waals surface area contributed by atoms with E-state index in [0.717, 1.165) is 6.54 Å². The van der Waals surface area contributed by atoms with Crippen LogP contribution in [0.4, 0.5) is 0 Å². The van der Waals surface area contributed by atoms with Gasteiger partial charge in [-0.25, -0.2) is 0 Å². The molecule has 0 aliphatic carbocycles. The summed E-state index contributed by atoms with van der Waals surface area (Å²) in [4.78, 5) is 2.73. The summed E-state index contributed by atoms with van der Waals surface area (Å²) in [5, 5.41) is 3.41. The van der Waals surface area contributed by atoms with Crippen LogP contribution in [0.3, 0.4) is 0 Å². The minimum absolute atomic E-state index is 0.474. The summed E-state index contributed by atoms with van der Waals surface area (Å²) in [7, 11) is 0. The van der Waals surface area contributed by atoms with Gasteiger partial charge in [0.15, 0.2) is 0 Å². The van der Waals surface area contributed by atoms with Gasteiger partial charge in [0.2, 0.25) is 0 Å². The Morgan fingerprint density at radius 1 is 1.57 bits per heavy atom. The lowest BCUT2D eigenvalue weighted by molar-refractivity contribution is 0.636. The summed E-state index contributed by atoms with van der Waals surface area (Å²) >= 11 is 1.85. The summed E-state index contributed by atoms with van der Waals surface area (Å²) in [6, 6.07) is 4.83. The summed E-state index contributed by atoms with van der Waals surface area (Å²) in [5.41, 5.74) is 1.40. The lowest BCUT2D eigenvalue weighted by Gasteiger charge is -2.12. The van der Waals surface area contributed by atoms with Crippen molar-refractivity contribution in [3.63, 3.8) is 0 Å². The molecule has 0 spiro atoms. The molecule has 0 radical (unpaired) electrons. The summed E-state index contributed by atoms with van der Waals surface area (Å²) in [6.07, 6.45) is 2.27. The molecule has 14 heavy (non-hydrogen) atoms. The fraction of sp³-hybridized carbons (Fsp3) is 0.500. The van der Waals surface area contributed by atoms with Crippen LogP contribution < -0.4 is 5.32 Å². The van der Waals surface area contributed by atoms with E-state index in [4.69, 9.17) is 0 Å². The predicted octanol–water partition coefficient (Wildman–Crippen LogP) is 3.46. The van der Waals surface area contributed by atoms with Crippen LogP contribution in [0.25, 0.3) is 6.08 Å². The quantitative estimate of drug-likeness (QED) is 0.801. The van der Waals surface area contributed by atoms with Crippen molar-refractivity contribution in [2.24, 2.45) is 0 Å². The minimum atomic E-state index is 0.474. The standard InChI is InChI=1S/C12H19NS/c1-5-13-11(4)9(2)8-12-7-6-10(3)14-12/h6-8,11,13H,5H2,1-4H3/b9-8+. The number of aryl methyl sites for hydroxylation is 1. The van der Waals surface area contributed by atoms with Gasteiger partial charge in [-0.2, -0.15) is 0 Å². The van der Waals surface area contributed by atoms with Gasteiger partial charge < -0.3 is 5.32 Å². The molecular weight excluding hydrogens is 190 g/mol. The van der Waals surface area contributed by atoms with Crippen LogP contribution in [-0.4, -0.2) is 12.6 Å². The Kier molecular flexibility index (Phi) is 4.36. The molecule has 1 atom stereocenters. The number of nitrogens with one attached hydrogen (secondary N) is 1. The van der Waals surface area contributed by atoms with Crippen molar-refractivity contribution in [1.29, 1.82) is 0 Å². The van der Waals surface area contributed by atoms with E-state index >= 15 is 0 Å². The van der Waals surface area contributed by atoms with Gasteiger partial charge in [0.05, 0.1) is 0 Å². The van der Waals surface area contributed by atoms with E-state index in [0.29, 0.717) is 6.04 Å². The van der Waals surface area contributed by atoms with Gasteiger partial charge in [0.25, 0.3) is 0 Å². The van der Waals surface area contributed by atoms with Crippen molar-refractivity contribution >= 4 is 17.4 Å². The second-order valence-corrected chi connectivity index (χ2v) is 4.94. The maximum absolute atomic E-state index is 3.41. The highest BCUT2D eigenvalue weighted by molar-refractivity contribution is 7.12. The molecule has 0 aromatic carbocycles. The van der Waals surface area contributed by atoms with E-state index in [-0.39, 0.29) is 0 Å². The molecule has 0 saturated heterocycles. The monoisotopic (exact) mass is 209 g/mol. The van der Waals surface area contributed by atoms with Crippen molar-refractivity contribution < 1.29 is 0 Å². The Labute approximate surface area is 90.9 Å². The molecule has 1 aromatic rings. The molecule has 1 nitrogen and oxygen atoms in total. The average Bonchev–Trinajstić information content (AvgIpc) is 2.51. The van der Waals surface area contributed by atoms with Gasteiger partial charge in [-0.15, -0.1) is 11.3 Å². The second-order valence-electron chi connectivity index (χ2n) is 3.62. The van der Waals surface area contributed by atoms with Crippen LogP contribution in [0.1, 0.15) is 30.5 Å². The van der Waals surface area contributed by atoms with E-state index in [1.807, 2.05) is 11.3 Å². The van der Waals surface area contributed by atoms with E-state index < -0.39 is 0 Å². The SMILES string of the molecule is CCNC(C)/C(C)=C/c1ccc(C)s1. The predicted molar refractivity (Wildman–Crippen MR) is 65.8 cm³/mol. The van der Waals surface area contributed by atoms with Crippen molar-refractivity contribution in [3.8, 4) is 0 Å². The highest BCUT2D eigenvalue weighted by Gasteiger charge is 2.02. The van der Waals surface area contributed by atoms with E-state index in [1.54, 1.807) is 0 Å². The van der Waals surface area contributed by atoms with Crippen LogP contribution in [0, 0.1) is 6.92 Å². The molecule has 0 saturated carbocycles. The second kappa shape index (κ2) is 5.32. The number of thiophene rings is 1. The van der Waals surface area contributed by atoms with Gasteiger partial charge in [-0.3, -0.25) is 0 Å². The number of hydrogen-bond acceptors (Lipinski definition) is 2. The Hall–Kier alpha value is -0.600. The first kappa shape index (κ1) is 11.5. The third kappa shape index (κ3) is 3.28. The van der Waals surface area contributed by atoms with Gasteiger partial charge in [-0.1, -0.05) is 12.5 Å². The molecule has 1 aromatic heterocycles. The fourth-order valence-electron chi connectivity index (χ4n) is 1.35. The van der Waals surface area contributed by atoms with Crippen molar-refractivity contribution in [1.82, 2.24) is 5.32 Å². The first-order chi connectivity index (χ1) is 6.63. The summed E-state index contributed by atoms with van der Waals surface area (Å²) in [5.74, 6) is 0. The number of rotatable bonds is 4. The largest absolute Gasteiger partial charge is 0.311 e. The zero-order valence-electron chi connectivity index (χ0n) is 9.42. The third-order valence-corrected chi connectivity index (χ3v) is 3.27. The maximum atomic E-state index is 3.41. The Morgan fingerprint density at radius 2 is 2.29 bits per heavy atom. The maximum Gasteiger partial charge on any atom is 0.0273 e. The van der Waals surface area contributed by atoms with Gasteiger partial charge in [0, 0.05) is 15.8 Å². The molecule has 0 aliphatic heterocycles. The first-order valence-corrected chi connectivity index (χ1v) is 5.93. The minimum Gasteiger partial charge on any atom is -0.311 e. The van der Waals surface area contributed by atoms with Crippen LogP contribution in [0.2, 0.25) is 0 Å². The van der Waals surface area contributed by atoms with Crippen LogP contribution >= 0.6 is 11.3 Å². The lowest BCUT2D eigenvalue weighted by Crippen LogP contribution is -2.26. The average molecular weight is 209 g/mol. The topological polar surface area (TPSA) is 12.0 Å². The van der Waals surface area contributed by atoms with Crippen molar-refractivity contribution in [2.45, 2.75) is 33.7 Å². The molecular formula is C12H19NS. The molecule has 0 amide bonds. The van der Waals surface area contributed by atoms with Gasteiger partial charge in [-0.05, 0) is 45.5 Å². The molecule has 1 heterocycles. The van der Waals surface area contributed by atoms with E-state index in [2.05, 4.69) is 51.2 Å². The highest BCUT2D eigenvalue weighted by atomic mass is 32.1. The molecule has 2 heteroatoms. The summed E-state index contributed by atoms with van der Waals surface area (Å²) < 4.78 is 0. The molecule has 1 N–H and O–H groups in total. The molecule has 1 unspecified atom stereocenters. The fourth-order valence-corrected chi connectivity index (χ4v) is 2.24. The van der Waals surface area contributed by atoms with Crippen molar-refractivity contribution in [2.75, 3.05) is 6.54 Å². The van der Waals surface area contributed by atoms with Crippen LogP contribution in [-0.2, 0) is 0 Å². The van der Waals surface area contributed by atoms with Crippen LogP contribution in [0.15, 0.2) is 17.7 Å². The molecule has 1 rings (SSSR count). The number of hydrogen-bond donors (Lipinski definition) is 1. The van der Waals surface area contributed by atoms with E-state index in [1.165, 1.54) is 15.3 Å².